The van der Waals surface area contributed by atoms with Crippen LogP contribution in [0.25, 0.3) is 0 Å². The first-order chi connectivity index (χ1) is 3.33. The summed E-state index contributed by atoms with van der Waals surface area (Å²) >= 11 is 0. The molecule has 1 radical (unpaired) electrons. The van der Waals surface area contributed by atoms with Crippen LogP contribution in [-0.4, -0.2) is 0 Å². The Balaban J connectivity index is 2.06. The first-order valence-corrected chi connectivity index (χ1v) is 3.12. The second-order valence-electron chi connectivity index (χ2n) is 2.73. The number of hydrogen-bond acceptors (Lipinski definition) is 0. The van der Waals surface area contributed by atoms with Gasteiger partial charge in [-0.15, -0.1) is 0 Å². The van der Waals surface area contributed by atoms with Crippen LogP contribution >= 0.6 is 0 Å². The van der Waals surface area contributed by atoms with Crippen molar-refractivity contribution in [2.24, 2.45) is 11.8 Å². The van der Waals surface area contributed by atoms with Crippen molar-refractivity contribution in [3.63, 3.8) is 0 Å². The molecular formula is C7H13. The van der Waals surface area contributed by atoms with E-state index in [1.54, 1.807) is 0 Å². The normalized spacial score (nSPS) is 40.3. The van der Waals surface area contributed by atoms with Gasteiger partial charge in [0.1, 0.15) is 0 Å². The zero-order chi connectivity index (χ0) is 5.28. The lowest BCUT2D eigenvalue weighted by molar-refractivity contribution is 0.214. The zero-order valence-electron chi connectivity index (χ0n) is 4.98. The Labute approximate surface area is 45.9 Å². The van der Waals surface area contributed by atoms with Crippen molar-refractivity contribution < 1.29 is 0 Å². The molecule has 41 valence electrons. The van der Waals surface area contributed by atoms with Gasteiger partial charge in [-0.05, 0) is 24.7 Å². The van der Waals surface area contributed by atoms with Crippen LogP contribution in [0.2, 0.25) is 0 Å². The Morgan fingerprint density at radius 2 is 2.14 bits per heavy atom. The lowest BCUT2D eigenvalue weighted by Crippen LogP contribution is -2.19. The molecule has 0 saturated heterocycles. The Hall–Kier alpha value is 0. The summed E-state index contributed by atoms with van der Waals surface area (Å²) in [5, 5.41) is 0. The largest absolute Gasteiger partial charge is 0.0625 e. The van der Waals surface area contributed by atoms with Crippen LogP contribution in [0, 0.1) is 18.8 Å². The van der Waals surface area contributed by atoms with Crippen molar-refractivity contribution in [2.45, 2.75) is 26.2 Å². The van der Waals surface area contributed by atoms with Crippen LogP contribution in [0.1, 0.15) is 26.2 Å². The molecule has 7 heavy (non-hydrogen) atoms. The zero-order valence-corrected chi connectivity index (χ0v) is 4.98. The third-order valence-electron chi connectivity index (χ3n) is 1.88. The van der Waals surface area contributed by atoms with Crippen LogP contribution < -0.4 is 0 Å². The Morgan fingerprint density at radius 3 is 2.29 bits per heavy atom. The van der Waals surface area contributed by atoms with Gasteiger partial charge in [-0.3, -0.25) is 0 Å². The van der Waals surface area contributed by atoms with Crippen LogP contribution in [0.5, 0.6) is 0 Å². The second kappa shape index (κ2) is 1.85. The van der Waals surface area contributed by atoms with E-state index in [0.29, 0.717) is 0 Å². The van der Waals surface area contributed by atoms with E-state index >= 15 is 0 Å². The molecule has 0 unspecified atom stereocenters. The molecule has 0 spiro atoms. The van der Waals surface area contributed by atoms with Crippen molar-refractivity contribution in [1.29, 1.82) is 0 Å². The predicted octanol–water partition coefficient (Wildman–Crippen LogP) is 2.26. The summed E-state index contributed by atoms with van der Waals surface area (Å²) in [6, 6.07) is 0. The molecule has 1 aliphatic carbocycles. The van der Waals surface area contributed by atoms with Crippen LogP contribution in [0.15, 0.2) is 0 Å². The smallest absolute Gasteiger partial charge is 0.0409 e. The van der Waals surface area contributed by atoms with E-state index in [2.05, 4.69) is 13.8 Å². The standard InChI is InChI=1S/C7H13/c1-3-7-4-6(2)5-7/h6-7H,1,3-5H2,2H3. The summed E-state index contributed by atoms with van der Waals surface area (Å²) < 4.78 is 0. The minimum atomic E-state index is 0.981. The Bertz CT molecular complexity index is 51.1. The highest BCUT2D eigenvalue weighted by Crippen LogP contribution is 2.34. The van der Waals surface area contributed by atoms with Crippen molar-refractivity contribution in [3.8, 4) is 0 Å². The minimum Gasteiger partial charge on any atom is -0.0625 e. The van der Waals surface area contributed by atoms with Gasteiger partial charge in [-0.2, -0.15) is 0 Å². The molecule has 0 N–H and O–H groups in total. The van der Waals surface area contributed by atoms with Gasteiger partial charge >= 0.3 is 0 Å². The molecule has 0 aliphatic heterocycles. The molecule has 0 aromatic heterocycles. The fourth-order valence-electron chi connectivity index (χ4n) is 1.30. The van der Waals surface area contributed by atoms with Crippen molar-refractivity contribution >= 4 is 0 Å². The maximum Gasteiger partial charge on any atom is -0.0409 e. The highest BCUT2D eigenvalue weighted by atomic mass is 14.3. The van der Waals surface area contributed by atoms with Crippen LogP contribution in [-0.2, 0) is 0 Å². The molecule has 0 aromatic carbocycles. The van der Waals surface area contributed by atoms with Crippen molar-refractivity contribution in [2.75, 3.05) is 0 Å². The van der Waals surface area contributed by atoms with Gasteiger partial charge in [0.25, 0.3) is 0 Å². The number of hydrogen-bond donors (Lipinski definition) is 0. The predicted molar refractivity (Wildman–Crippen MR) is 31.9 cm³/mol. The highest BCUT2D eigenvalue weighted by Gasteiger charge is 2.22. The fraction of sp³-hybridized carbons (Fsp3) is 0.857. The van der Waals surface area contributed by atoms with Gasteiger partial charge in [-0.25, -0.2) is 0 Å². The molecule has 0 atom stereocenters. The summed E-state index contributed by atoms with van der Waals surface area (Å²) in [6.45, 7) is 6.15. The molecule has 0 bridgehead atoms. The quantitative estimate of drug-likeness (QED) is 0.470. The summed E-state index contributed by atoms with van der Waals surface area (Å²) in [5.74, 6) is 1.99. The molecule has 1 rings (SSSR count). The summed E-state index contributed by atoms with van der Waals surface area (Å²) in [5.41, 5.74) is 0. The third kappa shape index (κ3) is 0.960. The topological polar surface area (TPSA) is 0 Å². The van der Waals surface area contributed by atoms with E-state index in [4.69, 9.17) is 0 Å². The molecule has 1 fully saturated rings. The molecule has 0 heteroatoms. The van der Waals surface area contributed by atoms with Gasteiger partial charge in [0, 0.05) is 0 Å². The van der Waals surface area contributed by atoms with Crippen LogP contribution in [0.3, 0.4) is 0 Å². The molecule has 0 nitrogen and oxygen atoms in total. The highest BCUT2D eigenvalue weighted by molar-refractivity contribution is 4.76. The van der Waals surface area contributed by atoms with E-state index in [1.807, 2.05) is 0 Å². The maximum atomic E-state index is 3.84. The molecule has 0 amide bonds. The van der Waals surface area contributed by atoms with Gasteiger partial charge in [0.2, 0.25) is 0 Å². The molecule has 1 aliphatic rings. The Morgan fingerprint density at radius 1 is 1.57 bits per heavy atom. The third-order valence-corrected chi connectivity index (χ3v) is 1.88. The van der Waals surface area contributed by atoms with Gasteiger partial charge in [-0.1, -0.05) is 20.3 Å². The lowest BCUT2D eigenvalue weighted by Gasteiger charge is -2.31. The van der Waals surface area contributed by atoms with Crippen molar-refractivity contribution in [1.82, 2.24) is 0 Å². The molecule has 0 aromatic rings. The van der Waals surface area contributed by atoms with E-state index < -0.39 is 0 Å². The molecule has 1 saturated carbocycles. The maximum absolute atomic E-state index is 3.84. The summed E-state index contributed by atoms with van der Waals surface area (Å²) in [7, 11) is 0. The first-order valence-electron chi connectivity index (χ1n) is 3.12. The monoisotopic (exact) mass is 97.1 g/mol. The first kappa shape index (κ1) is 5.14. The summed E-state index contributed by atoms with van der Waals surface area (Å²) in [4.78, 5) is 0. The van der Waals surface area contributed by atoms with E-state index in [0.717, 1.165) is 18.3 Å². The summed E-state index contributed by atoms with van der Waals surface area (Å²) in [6.07, 6.45) is 4.03. The van der Waals surface area contributed by atoms with Crippen LogP contribution in [0.4, 0.5) is 0 Å². The number of rotatable bonds is 1. The van der Waals surface area contributed by atoms with E-state index in [1.165, 1.54) is 12.8 Å². The minimum absolute atomic E-state index is 0.981. The molecular weight excluding hydrogens is 84.1 g/mol. The van der Waals surface area contributed by atoms with Gasteiger partial charge < -0.3 is 0 Å². The lowest BCUT2D eigenvalue weighted by atomic mass is 9.75. The van der Waals surface area contributed by atoms with Crippen molar-refractivity contribution in [3.05, 3.63) is 6.92 Å². The SMILES string of the molecule is [CH2]CC1CC(C)C1. The van der Waals surface area contributed by atoms with Gasteiger partial charge in [0.15, 0.2) is 0 Å². The average molecular weight is 97.2 g/mol. The Kier molecular flexibility index (Phi) is 1.36. The van der Waals surface area contributed by atoms with E-state index in [-0.39, 0.29) is 0 Å². The average Bonchev–Trinajstić information content (AvgIpc) is 1.58. The van der Waals surface area contributed by atoms with Gasteiger partial charge in [0.05, 0.1) is 0 Å². The second-order valence-corrected chi connectivity index (χ2v) is 2.73. The van der Waals surface area contributed by atoms with E-state index in [9.17, 15) is 0 Å². The fourth-order valence-corrected chi connectivity index (χ4v) is 1.30. The molecule has 0 heterocycles.